The van der Waals surface area contributed by atoms with Crippen LogP contribution in [0.4, 0.5) is 0 Å². The van der Waals surface area contributed by atoms with Crippen LogP contribution in [0.5, 0.6) is 0 Å². The smallest absolute Gasteiger partial charge is 0.306 e. The van der Waals surface area contributed by atoms with Gasteiger partial charge in [-0.3, -0.25) is 14.4 Å². The number of allylic oxidation sites excluding steroid dienone is 10. The van der Waals surface area contributed by atoms with E-state index in [-0.39, 0.29) is 31.1 Å². The summed E-state index contributed by atoms with van der Waals surface area (Å²) in [6.45, 7) is 6.57. The zero-order chi connectivity index (χ0) is 45.8. The van der Waals surface area contributed by atoms with Crippen molar-refractivity contribution >= 4 is 17.9 Å². The van der Waals surface area contributed by atoms with Gasteiger partial charge in [-0.15, -0.1) is 0 Å². The first-order valence-corrected chi connectivity index (χ1v) is 26.8. The topological polar surface area (TPSA) is 78.9 Å². The van der Waals surface area contributed by atoms with Crippen molar-refractivity contribution < 1.29 is 28.6 Å². The van der Waals surface area contributed by atoms with E-state index in [1.807, 2.05) is 0 Å². The van der Waals surface area contributed by atoms with Gasteiger partial charge < -0.3 is 14.2 Å². The second-order valence-electron chi connectivity index (χ2n) is 17.8. The lowest BCUT2D eigenvalue weighted by atomic mass is 10.1. The monoisotopic (exact) mass is 881 g/mol. The van der Waals surface area contributed by atoms with E-state index < -0.39 is 6.10 Å². The standard InChI is InChI=1S/C57H100O6/c1-4-7-10-13-16-19-22-25-27-28-30-32-35-38-41-44-47-50-56(59)62-53-54(52-61-55(58)49-46-43-40-37-34-31-24-21-18-15-12-9-6-3)63-57(60)51-48-45-42-39-36-33-29-26-23-20-17-14-11-8-5-2/h16,19,21,24-27,29-30,32,54H,4-15,17-18,20,22-23,28,31,33-53H2,1-3H3/b19-16-,24-21-,27-25-,29-26-,32-30-/t54-/m0/s1. The molecular formula is C57H100O6. The summed E-state index contributed by atoms with van der Waals surface area (Å²) >= 11 is 0. The van der Waals surface area contributed by atoms with E-state index in [9.17, 15) is 14.4 Å². The van der Waals surface area contributed by atoms with E-state index in [1.165, 1.54) is 122 Å². The molecule has 0 saturated heterocycles. The van der Waals surface area contributed by atoms with Crippen molar-refractivity contribution in [2.75, 3.05) is 13.2 Å². The Bertz CT molecular complexity index is 1150. The lowest BCUT2D eigenvalue weighted by molar-refractivity contribution is -0.167. The van der Waals surface area contributed by atoms with Gasteiger partial charge in [-0.2, -0.15) is 0 Å². The number of unbranched alkanes of at least 4 members (excludes halogenated alkanes) is 27. The van der Waals surface area contributed by atoms with Gasteiger partial charge in [0, 0.05) is 19.3 Å². The molecule has 0 unspecified atom stereocenters. The predicted octanol–water partition coefficient (Wildman–Crippen LogP) is 17.6. The molecule has 0 aliphatic heterocycles. The summed E-state index contributed by atoms with van der Waals surface area (Å²) in [4.78, 5) is 38.0. The fourth-order valence-corrected chi connectivity index (χ4v) is 7.38. The summed E-state index contributed by atoms with van der Waals surface area (Å²) < 4.78 is 16.8. The van der Waals surface area contributed by atoms with Crippen molar-refractivity contribution in [2.45, 2.75) is 271 Å². The van der Waals surface area contributed by atoms with E-state index in [2.05, 4.69) is 81.5 Å². The summed E-state index contributed by atoms with van der Waals surface area (Å²) in [6, 6.07) is 0. The van der Waals surface area contributed by atoms with Crippen LogP contribution in [0, 0.1) is 0 Å². The van der Waals surface area contributed by atoms with E-state index in [0.29, 0.717) is 19.3 Å². The SMILES string of the molecule is CCCCC/C=C\C/C=C\C/C=C\CCCCCCC(=O)OC[C@H](COC(=O)CCCCCCC/C=C\CCCCCC)OC(=O)CCCCCCC/C=C\CCCCCCCC. The zero-order valence-corrected chi connectivity index (χ0v) is 41.6. The maximum Gasteiger partial charge on any atom is 0.306 e. The Morgan fingerprint density at radius 1 is 0.317 bits per heavy atom. The minimum Gasteiger partial charge on any atom is -0.462 e. The molecule has 0 bridgehead atoms. The van der Waals surface area contributed by atoms with Crippen molar-refractivity contribution in [1.29, 1.82) is 0 Å². The van der Waals surface area contributed by atoms with Crippen LogP contribution in [0.1, 0.15) is 265 Å². The molecule has 6 nitrogen and oxygen atoms in total. The molecule has 0 saturated carbocycles. The average molecular weight is 881 g/mol. The van der Waals surface area contributed by atoms with Gasteiger partial charge in [-0.05, 0) is 109 Å². The molecule has 0 rings (SSSR count). The van der Waals surface area contributed by atoms with Crippen LogP contribution < -0.4 is 0 Å². The van der Waals surface area contributed by atoms with Crippen LogP contribution in [0.25, 0.3) is 0 Å². The molecule has 0 aliphatic rings. The fourth-order valence-electron chi connectivity index (χ4n) is 7.38. The molecule has 0 spiro atoms. The summed E-state index contributed by atoms with van der Waals surface area (Å²) in [5.41, 5.74) is 0. The number of ether oxygens (including phenoxy) is 3. The molecule has 63 heavy (non-hydrogen) atoms. The van der Waals surface area contributed by atoms with Crippen molar-refractivity contribution in [3.63, 3.8) is 0 Å². The van der Waals surface area contributed by atoms with Gasteiger partial charge in [-0.1, -0.05) is 197 Å². The van der Waals surface area contributed by atoms with Gasteiger partial charge in [0.2, 0.25) is 0 Å². The largest absolute Gasteiger partial charge is 0.462 e. The quantitative estimate of drug-likeness (QED) is 0.0262. The third-order valence-corrected chi connectivity index (χ3v) is 11.5. The summed E-state index contributed by atoms with van der Waals surface area (Å²) in [6.07, 6.45) is 63.4. The normalized spacial score (nSPS) is 12.5. The van der Waals surface area contributed by atoms with Crippen molar-refractivity contribution in [1.82, 2.24) is 0 Å². The van der Waals surface area contributed by atoms with E-state index in [4.69, 9.17) is 14.2 Å². The number of hydrogen-bond acceptors (Lipinski definition) is 6. The Morgan fingerprint density at radius 3 is 0.952 bits per heavy atom. The summed E-state index contributed by atoms with van der Waals surface area (Å²) in [7, 11) is 0. The molecule has 0 aromatic rings. The molecule has 0 fully saturated rings. The lowest BCUT2D eigenvalue weighted by Gasteiger charge is -2.18. The Kier molecular flexibility index (Phi) is 49.4. The Hall–Kier alpha value is -2.89. The molecular weight excluding hydrogens is 781 g/mol. The van der Waals surface area contributed by atoms with Gasteiger partial charge in [0.1, 0.15) is 13.2 Å². The van der Waals surface area contributed by atoms with Crippen LogP contribution in [-0.4, -0.2) is 37.2 Å². The van der Waals surface area contributed by atoms with Crippen LogP contribution in [-0.2, 0) is 28.6 Å². The molecule has 0 aromatic heterocycles. The maximum atomic E-state index is 12.8. The van der Waals surface area contributed by atoms with E-state index in [0.717, 1.165) is 103 Å². The predicted molar refractivity (Wildman–Crippen MR) is 270 cm³/mol. The molecule has 1 atom stereocenters. The average Bonchev–Trinajstić information content (AvgIpc) is 3.28. The number of carbonyl (C=O) groups is 3. The highest BCUT2D eigenvalue weighted by Crippen LogP contribution is 2.14. The van der Waals surface area contributed by atoms with Crippen LogP contribution >= 0.6 is 0 Å². The highest BCUT2D eigenvalue weighted by atomic mass is 16.6. The number of carbonyl (C=O) groups excluding carboxylic acids is 3. The molecule has 0 heterocycles. The highest BCUT2D eigenvalue weighted by Gasteiger charge is 2.19. The first-order valence-electron chi connectivity index (χ1n) is 26.8. The van der Waals surface area contributed by atoms with E-state index >= 15 is 0 Å². The highest BCUT2D eigenvalue weighted by molar-refractivity contribution is 5.71. The third-order valence-electron chi connectivity index (χ3n) is 11.5. The molecule has 0 N–H and O–H groups in total. The van der Waals surface area contributed by atoms with Gasteiger partial charge >= 0.3 is 17.9 Å². The third kappa shape index (κ3) is 50.0. The minimum atomic E-state index is -0.790. The minimum absolute atomic E-state index is 0.0888. The number of esters is 3. The number of hydrogen-bond donors (Lipinski definition) is 0. The van der Waals surface area contributed by atoms with E-state index in [1.54, 1.807) is 0 Å². The van der Waals surface area contributed by atoms with Crippen molar-refractivity contribution in [2.24, 2.45) is 0 Å². The molecule has 0 aliphatic carbocycles. The lowest BCUT2D eigenvalue weighted by Crippen LogP contribution is -2.30. The first kappa shape index (κ1) is 60.1. The Labute approximate surface area is 390 Å². The summed E-state index contributed by atoms with van der Waals surface area (Å²) in [5.74, 6) is -0.922. The zero-order valence-electron chi connectivity index (χ0n) is 41.6. The van der Waals surface area contributed by atoms with Crippen LogP contribution in [0.2, 0.25) is 0 Å². The van der Waals surface area contributed by atoms with Gasteiger partial charge in [0.05, 0.1) is 0 Å². The Morgan fingerprint density at radius 2 is 0.571 bits per heavy atom. The second kappa shape index (κ2) is 51.7. The molecule has 6 heteroatoms. The molecule has 0 aromatic carbocycles. The molecule has 364 valence electrons. The fraction of sp³-hybridized carbons (Fsp3) is 0.772. The maximum absolute atomic E-state index is 12.8. The van der Waals surface area contributed by atoms with Crippen LogP contribution in [0.15, 0.2) is 60.8 Å². The van der Waals surface area contributed by atoms with Crippen molar-refractivity contribution in [3.05, 3.63) is 60.8 Å². The van der Waals surface area contributed by atoms with Gasteiger partial charge in [0.25, 0.3) is 0 Å². The Balaban J connectivity index is 4.43. The first-order chi connectivity index (χ1) is 31.0. The van der Waals surface area contributed by atoms with Gasteiger partial charge in [0.15, 0.2) is 6.10 Å². The summed E-state index contributed by atoms with van der Waals surface area (Å²) in [5, 5.41) is 0. The molecule has 0 amide bonds. The molecule has 0 radical (unpaired) electrons. The van der Waals surface area contributed by atoms with Gasteiger partial charge in [-0.25, -0.2) is 0 Å². The van der Waals surface area contributed by atoms with Crippen LogP contribution in [0.3, 0.4) is 0 Å². The second-order valence-corrected chi connectivity index (χ2v) is 17.8. The van der Waals surface area contributed by atoms with Crippen molar-refractivity contribution in [3.8, 4) is 0 Å². The number of rotatable bonds is 48.